The average molecular weight is 281 g/mol. The lowest BCUT2D eigenvalue weighted by molar-refractivity contribution is -0.113. The van der Waals surface area contributed by atoms with E-state index in [0.29, 0.717) is 12.0 Å². The summed E-state index contributed by atoms with van der Waals surface area (Å²) in [6, 6.07) is 17.1. The van der Waals surface area contributed by atoms with Gasteiger partial charge in [0.1, 0.15) is 5.75 Å². The fourth-order valence-corrected chi connectivity index (χ4v) is 1.79. The van der Waals surface area contributed by atoms with Gasteiger partial charge in [-0.2, -0.15) is 0 Å². The molecule has 3 heteroatoms. The first-order chi connectivity index (χ1) is 10.2. The van der Waals surface area contributed by atoms with E-state index in [1.807, 2.05) is 68.4 Å². The van der Waals surface area contributed by atoms with Crippen molar-refractivity contribution >= 4 is 11.6 Å². The van der Waals surface area contributed by atoms with E-state index < -0.39 is 0 Å². The van der Waals surface area contributed by atoms with Gasteiger partial charge >= 0.3 is 0 Å². The van der Waals surface area contributed by atoms with Gasteiger partial charge in [0.2, 0.25) is 0 Å². The molecular formula is C18H19NO2. The highest BCUT2D eigenvalue weighted by Crippen LogP contribution is 2.14. The summed E-state index contributed by atoms with van der Waals surface area (Å²) in [6.45, 7) is 3.94. The fourth-order valence-electron chi connectivity index (χ4n) is 1.79. The number of carbonyl (C=O) groups is 1. The largest absolute Gasteiger partial charge is 0.465 e. The molecule has 0 aliphatic carbocycles. The van der Waals surface area contributed by atoms with Crippen molar-refractivity contribution in [3.63, 3.8) is 0 Å². The predicted octanol–water partition coefficient (Wildman–Crippen LogP) is 4.31. The van der Waals surface area contributed by atoms with Gasteiger partial charge in [0, 0.05) is 5.69 Å². The van der Waals surface area contributed by atoms with E-state index in [4.69, 9.17) is 4.74 Å². The number of anilines is 1. The van der Waals surface area contributed by atoms with Crippen LogP contribution in [0.2, 0.25) is 0 Å². The molecule has 0 unspecified atom stereocenters. The second-order valence-electron chi connectivity index (χ2n) is 4.75. The van der Waals surface area contributed by atoms with Crippen molar-refractivity contribution in [1.29, 1.82) is 0 Å². The maximum Gasteiger partial charge on any atom is 0.254 e. The SMILES string of the molecule is CC/C(=C\Oc1ccc(C)cc1)C(=O)Nc1ccccc1. The van der Waals surface area contributed by atoms with Crippen LogP contribution in [0.15, 0.2) is 66.4 Å². The summed E-state index contributed by atoms with van der Waals surface area (Å²) >= 11 is 0. The molecular weight excluding hydrogens is 262 g/mol. The van der Waals surface area contributed by atoms with Gasteiger partial charge in [-0.1, -0.05) is 42.8 Å². The molecule has 2 aromatic rings. The van der Waals surface area contributed by atoms with Gasteiger partial charge in [-0.25, -0.2) is 0 Å². The van der Waals surface area contributed by atoms with Gasteiger partial charge in [0.05, 0.1) is 11.8 Å². The van der Waals surface area contributed by atoms with Crippen LogP contribution in [0.1, 0.15) is 18.9 Å². The molecule has 0 bridgehead atoms. The maximum absolute atomic E-state index is 12.2. The van der Waals surface area contributed by atoms with Crippen molar-refractivity contribution in [2.24, 2.45) is 0 Å². The van der Waals surface area contributed by atoms with Crippen molar-refractivity contribution in [3.8, 4) is 5.75 Å². The lowest BCUT2D eigenvalue weighted by atomic mass is 10.2. The molecule has 3 nitrogen and oxygen atoms in total. The van der Waals surface area contributed by atoms with E-state index in [-0.39, 0.29) is 5.91 Å². The van der Waals surface area contributed by atoms with Gasteiger partial charge in [0.25, 0.3) is 5.91 Å². The Hall–Kier alpha value is -2.55. The molecule has 0 saturated carbocycles. The number of carbonyl (C=O) groups excluding carboxylic acids is 1. The summed E-state index contributed by atoms with van der Waals surface area (Å²) in [4.78, 5) is 12.2. The van der Waals surface area contributed by atoms with Crippen LogP contribution in [0.4, 0.5) is 5.69 Å². The predicted molar refractivity (Wildman–Crippen MR) is 85.3 cm³/mol. The Kier molecular flexibility index (Phi) is 5.16. The number of amides is 1. The molecule has 0 atom stereocenters. The molecule has 0 aliphatic rings. The molecule has 0 aromatic heterocycles. The Morgan fingerprint density at radius 2 is 1.76 bits per heavy atom. The van der Waals surface area contributed by atoms with Crippen LogP contribution >= 0.6 is 0 Å². The third-order valence-corrected chi connectivity index (χ3v) is 3.06. The van der Waals surface area contributed by atoms with Crippen LogP contribution in [0, 0.1) is 6.92 Å². The first-order valence-electron chi connectivity index (χ1n) is 6.98. The molecule has 0 saturated heterocycles. The minimum Gasteiger partial charge on any atom is -0.465 e. The number of aryl methyl sites for hydroxylation is 1. The highest BCUT2D eigenvalue weighted by Gasteiger charge is 2.08. The standard InChI is InChI=1S/C18H19NO2/c1-3-15(13-21-17-11-9-14(2)10-12-17)18(20)19-16-7-5-4-6-8-16/h4-13H,3H2,1-2H3,(H,19,20)/b15-13+. The van der Waals surface area contributed by atoms with Crippen LogP contribution in [0.25, 0.3) is 0 Å². The van der Waals surface area contributed by atoms with Gasteiger partial charge in [0.15, 0.2) is 0 Å². The van der Waals surface area contributed by atoms with Crippen molar-refractivity contribution in [2.45, 2.75) is 20.3 Å². The Morgan fingerprint density at radius 1 is 1.10 bits per heavy atom. The lowest BCUT2D eigenvalue weighted by Crippen LogP contribution is -2.14. The molecule has 2 rings (SSSR count). The summed E-state index contributed by atoms with van der Waals surface area (Å²) in [6.07, 6.45) is 2.12. The zero-order valence-corrected chi connectivity index (χ0v) is 12.3. The first-order valence-corrected chi connectivity index (χ1v) is 6.98. The van der Waals surface area contributed by atoms with Gasteiger partial charge in [-0.15, -0.1) is 0 Å². The summed E-state index contributed by atoms with van der Waals surface area (Å²) in [5.74, 6) is 0.579. The summed E-state index contributed by atoms with van der Waals surface area (Å²) in [7, 11) is 0. The van der Waals surface area contributed by atoms with Gasteiger partial charge < -0.3 is 10.1 Å². The van der Waals surface area contributed by atoms with E-state index in [1.54, 1.807) is 0 Å². The monoisotopic (exact) mass is 281 g/mol. The third-order valence-electron chi connectivity index (χ3n) is 3.06. The Morgan fingerprint density at radius 3 is 2.38 bits per heavy atom. The molecule has 2 aromatic carbocycles. The number of rotatable bonds is 5. The van der Waals surface area contributed by atoms with Crippen molar-refractivity contribution < 1.29 is 9.53 Å². The molecule has 21 heavy (non-hydrogen) atoms. The van der Waals surface area contributed by atoms with E-state index in [1.165, 1.54) is 11.8 Å². The smallest absolute Gasteiger partial charge is 0.254 e. The second-order valence-corrected chi connectivity index (χ2v) is 4.75. The minimum absolute atomic E-state index is 0.143. The fraction of sp³-hybridized carbons (Fsp3) is 0.167. The third kappa shape index (κ3) is 4.49. The van der Waals surface area contributed by atoms with Crippen molar-refractivity contribution in [2.75, 3.05) is 5.32 Å². The van der Waals surface area contributed by atoms with E-state index in [0.717, 1.165) is 11.4 Å². The topological polar surface area (TPSA) is 38.3 Å². The van der Waals surface area contributed by atoms with Gasteiger partial charge in [-0.05, 0) is 37.6 Å². The number of hydrogen-bond acceptors (Lipinski definition) is 2. The maximum atomic E-state index is 12.2. The van der Waals surface area contributed by atoms with E-state index in [2.05, 4.69) is 5.32 Å². The summed E-state index contributed by atoms with van der Waals surface area (Å²) in [5, 5.41) is 2.85. The Bertz CT molecular complexity index is 615. The molecule has 1 amide bonds. The van der Waals surface area contributed by atoms with Crippen LogP contribution in [0.5, 0.6) is 5.75 Å². The van der Waals surface area contributed by atoms with Crippen LogP contribution in [-0.4, -0.2) is 5.91 Å². The number of nitrogens with one attached hydrogen (secondary N) is 1. The Labute approximate surface area is 125 Å². The number of ether oxygens (including phenoxy) is 1. The zero-order valence-electron chi connectivity index (χ0n) is 12.3. The summed E-state index contributed by atoms with van der Waals surface area (Å²) in [5.41, 5.74) is 2.54. The van der Waals surface area contributed by atoms with Crippen LogP contribution < -0.4 is 10.1 Å². The highest BCUT2D eigenvalue weighted by atomic mass is 16.5. The van der Waals surface area contributed by atoms with E-state index in [9.17, 15) is 4.79 Å². The van der Waals surface area contributed by atoms with Crippen molar-refractivity contribution in [1.82, 2.24) is 0 Å². The molecule has 108 valence electrons. The second kappa shape index (κ2) is 7.29. The molecule has 0 spiro atoms. The molecule has 0 heterocycles. The highest BCUT2D eigenvalue weighted by molar-refractivity contribution is 6.03. The average Bonchev–Trinajstić information content (AvgIpc) is 2.51. The summed E-state index contributed by atoms with van der Waals surface area (Å²) < 4.78 is 5.55. The number of para-hydroxylation sites is 1. The van der Waals surface area contributed by atoms with Crippen LogP contribution in [0.3, 0.4) is 0 Å². The number of benzene rings is 2. The Balaban J connectivity index is 2.02. The first kappa shape index (κ1) is 14.9. The molecule has 0 fully saturated rings. The van der Waals surface area contributed by atoms with Gasteiger partial charge in [-0.3, -0.25) is 4.79 Å². The van der Waals surface area contributed by atoms with Crippen molar-refractivity contribution in [3.05, 3.63) is 72.0 Å². The molecule has 0 radical (unpaired) electrons. The van der Waals surface area contributed by atoms with Crippen LogP contribution in [-0.2, 0) is 4.79 Å². The lowest BCUT2D eigenvalue weighted by Gasteiger charge is -2.08. The quantitative estimate of drug-likeness (QED) is 0.655. The normalized spacial score (nSPS) is 11.0. The zero-order chi connectivity index (χ0) is 15.1. The minimum atomic E-state index is -0.143. The molecule has 1 N–H and O–H groups in total. The molecule has 0 aliphatic heterocycles. The van der Waals surface area contributed by atoms with E-state index >= 15 is 0 Å². The number of hydrogen-bond donors (Lipinski definition) is 1.